The summed E-state index contributed by atoms with van der Waals surface area (Å²) in [5.41, 5.74) is -2.10. The smallest absolute Gasteiger partial charge is 0.349 e. The molecule has 1 atom stereocenters. The first-order valence-electron chi connectivity index (χ1n) is 19.0. The third-order valence-electron chi connectivity index (χ3n) is 10.9. The number of amides is 1. The van der Waals surface area contributed by atoms with Crippen molar-refractivity contribution >= 4 is 17.7 Å². The largest absolute Gasteiger partial charge is 0.460 e. The van der Waals surface area contributed by atoms with Gasteiger partial charge in [0.05, 0.1) is 11.3 Å². The monoisotopic (exact) mass is 1340 g/mol. The molecule has 0 aliphatic carbocycles. The van der Waals surface area contributed by atoms with E-state index in [-0.39, 0.29) is 12.5 Å². The second kappa shape index (κ2) is 20.0. The molecular formula is C34H13F45N2O2. The number of benzene rings is 1. The van der Waals surface area contributed by atoms with Crippen molar-refractivity contribution in [2.24, 2.45) is 4.99 Å². The number of aryl methyl sites for hydroxylation is 1. The van der Waals surface area contributed by atoms with Crippen LogP contribution in [0.3, 0.4) is 0 Å². The van der Waals surface area contributed by atoms with Crippen LogP contribution in [0.4, 0.5) is 203 Å². The molecule has 486 valence electrons. The van der Waals surface area contributed by atoms with Gasteiger partial charge in [-0.05, 0) is 25.5 Å². The summed E-state index contributed by atoms with van der Waals surface area (Å²) >= 11 is 0. The Bertz CT molecular complexity index is 2600. The van der Waals surface area contributed by atoms with Crippen molar-refractivity contribution in [3.8, 4) is 0 Å². The lowest BCUT2D eigenvalue weighted by atomic mass is 9.81. The van der Waals surface area contributed by atoms with Crippen molar-refractivity contribution in [1.29, 1.82) is 0 Å². The molecule has 1 amide bonds. The average Bonchev–Trinajstić information content (AvgIpc) is 3.27. The van der Waals surface area contributed by atoms with E-state index in [1.807, 2.05) is 0 Å². The third kappa shape index (κ3) is 9.43. The maximum Gasteiger partial charge on any atom is 0.460 e. The number of hydrogen-bond donors (Lipinski definition) is 1. The van der Waals surface area contributed by atoms with E-state index in [9.17, 15) is 207 Å². The van der Waals surface area contributed by atoms with Gasteiger partial charge >= 0.3 is 131 Å². The molecular weight excluding hydrogens is 1320 g/mol. The first-order valence-corrected chi connectivity index (χ1v) is 19.0. The SMILES string of the molecule is Cc1cccc(C(=O)NC(C)CC(F)(F)C(F)(F)C(F)(F)C(F)(F)C(F)(F)C(F)(F)C(F)(F)C(F)(F)C(F)(F)C(F)(F)C(F)(F)C(F)(F)C(F)(F)C(F)(F)C(F)(F)C(F)(F)C(F)(F)C(F)(F)C(F)(F)C(F)(F)C(F)(F)C(F)(F)F)c1N=C=O. The van der Waals surface area contributed by atoms with E-state index in [1.165, 1.54) is 0 Å². The second-order valence-corrected chi connectivity index (χ2v) is 16.4. The quantitative estimate of drug-likeness (QED) is 0.0603. The molecule has 83 heavy (non-hydrogen) atoms. The Morgan fingerprint density at radius 3 is 0.783 bits per heavy atom. The number of alkyl halides is 45. The molecule has 0 aliphatic rings. The lowest BCUT2D eigenvalue weighted by Crippen LogP contribution is -2.81. The maximum atomic E-state index is 14.6. The number of nitrogens with zero attached hydrogens (tertiary/aromatic N) is 1. The van der Waals surface area contributed by atoms with E-state index in [2.05, 4.69) is 4.99 Å². The summed E-state index contributed by atoms with van der Waals surface area (Å²) in [6.07, 6.45) is -11.3. The Morgan fingerprint density at radius 1 is 0.373 bits per heavy atom. The number of halogens is 45. The fraction of sp³-hybridized carbons (Fsp3) is 0.765. The zero-order valence-corrected chi connectivity index (χ0v) is 37.3. The van der Waals surface area contributed by atoms with Crippen molar-refractivity contribution in [3.05, 3.63) is 29.3 Å². The summed E-state index contributed by atoms with van der Waals surface area (Å²) in [6, 6.07) is -0.733. The van der Waals surface area contributed by atoms with Gasteiger partial charge < -0.3 is 5.32 Å². The van der Waals surface area contributed by atoms with Crippen molar-refractivity contribution in [3.63, 3.8) is 0 Å². The van der Waals surface area contributed by atoms with Crippen LogP contribution in [-0.2, 0) is 4.79 Å². The molecule has 0 fully saturated rings. The molecule has 49 heteroatoms. The number of para-hydroxylation sites is 1. The topological polar surface area (TPSA) is 58.5 Å². The van der Waals surface area contributed by atoms with E-state index in [4.69, 9.17) is 0 Å². The predicted molar refractivity (Wildman–Crippen MR) is 170 cm³/mol. The minimum absolute atomic E-state index is 0.102. The number of carbonyl (C=O) groups is 1. The Labute approximate surface area is 422 Å². The summed E-state index contributed by atoms with van der Waals surface area (Å²) in [7, 11) is 0. The minimum atomic E-state index is -10.8. The summed E-state index contributed by atoms with van der Waals surface area (Å²) < 4.78 is 630. The molecule has 0 aliphatic heterocycles. The summed E-state index contributed by atoms with van der Waals surface area (Å²) in [5, 5.41) is 1.09. The van der Waals surface area contributed by atoms with Crippen LogP contribution in [0.5, 0.6) is 0 Å². The van der Waals surface area contributed by atoms with Crippen LogP contribution in [0.2, 0.25) is 0 Å². The Balaban J connectivity index is 4.08. The van der Waals surface area contributed by atoms with Gasteiger partial charge in [0.1, 0.15) is 0 Å². The highest BCUT2D eigenvalue weighted by Gasteiger charge is 3.04. The molecule has 0 saturated heterocycles. The zero-order chi connectivity index (χ0) is 67.8. The van der Waals surface area contributed by atoms with Crippen LogP contribution in [0, 0.1) is 6.92 Å². The molecule has 1 N–H and O–H groups in total. The van der Waals surface area contributed by atoms with Crippen LogP contribution in [0.1, 0.15) is 29.3 Å². The number of aliphatic imine (C=N–C) groups is 1. The van der Waals surface area contributed by atoms with Gasteiger partial charge in [-0.3, -0.25) is 4.79 Å². The van der Waals surface area contributed by atoms with E-state index in [1.54, 1.807) is 0 Å². The van der Waals surface area contributed by atoms with E-state index >= 15 is 0 Å². The Morgan fingerprint density at radius 2 is 0.578 bits per heavy atom. The van der Waals surface area contributed by atoms with Crippen LogP contribution < -0.4 is 5.32 Å². The Hall–Kier alpha value is -5.08. The van der Waals surface area contributed by atoms with Crippen LogP contribution in [0.15, 0.2) is 23.2 Å². The highest BCUT2D eigenvalue weighted by Crippen LogP contribution is 2.72. The highest BCUT2D eigenvalue weighted by molar-refractivity contribution is 6.00. The maximum absolute atomic E-state index is 14.6. The van der Waals surface area contributed by atoms with Gasteiger partial charge in [0, 0.05) is 12.5 Å². The Kier molecular flexibility index (Phi) is 18.3. The summed E-state index contributed by atoms with van der Waals surface area (Å²) in [4.78, 5) is 25.9. The number of hydrogen-bond acceptors (Lipinski definition) is 3. The van der Waals surface area contributed by atoms with Crippen LogP contribution in [0.25, 0.3) is 0 Å². The van der Waals surface area contributed by atoms with Gasteiger partial charge in [-0.25, -0.2) is 4.79 Å². The minimum Gasteiger partial charge on any atom is -0.349 e. The lowest BCUT2D eigenvalue weighted by Gasteiger charge is -2.47. The summed E-state index contributed by atoms with van der Waals surface area (Å²) in [6.45, 7) is 0.876. The van der Waals surface area contributed by atoms with Gasteiger partial charge in [-0.15, -0.1) is 0 Å². The molecule has 0 spiro atoms. The third-order valence-corrected chi connectivity index (χ3v) is 10.9. The lowest BCUT2D eigenvalue weighted by molar-refractivity contribution is -0.497. The van der Waals surface area contributed by atoms with Gasteiger partial charge in [0.15, 0.2) is 0 Å². The molecule has 0 bridgehead atoms. The first-order chi connectivity index (χ1) is 35.5. The fourth-order valence-electron chi connectivity index (χ4n) is 5.86. The standard InChI is InChI=1S/C34H13F45N2O2/c1-8-4-3-5-10(11(8)80-7-82)12(83)81-9(2)6-13(35,36)14(37,38)15(39,40)16(41,42)17(43,44)18(45,46)19(47,48)20(49,50)21(51,52)22(53,54)23(55,56)24(57,58)25(59,60)26(61,62)27(63,64)28(65,66)29(67,68)30(69,70)31(71,72)32(73,74)33(75,76)34(77,78)79/h3-5,9H,6H2,1-2H3,(H,81,83). The molecule has 0 aromatic heterocycles. The molecule has 0 saturated carbocycles. The predicted octanol–water partition coefficient (Wildman–Crippen LogP) is 16.4. The van der Waals surface area contributed by atoms with E-state index in [0.29, 0.717) is 6.07 Å². The molecule has 1 aromatic carbocycles. The normalized spacial score (nSPS) is 16.7. The van der Waals surface area contributed by atoms with Crippen LogP contribution in [-0.4, -0.2) is 149 Å². The number of carbonyl (C=O) groups excluding carboxylic acids is 2. The highest BCUT2D eigenvalue weighted by atomic mass is 19.4. The number of nitrogens with one attached hydrogen (secondary N) is 1. The van der Waals surface area contributed by atoms with Gasteiger partial charge in [-0.2, -0.15) is 203 Å². The zero-order valence-electron chi connectivity index (χ0n) is 37.3. The van der Waals surface area contributed by atoms with Gasteiger partial charge in [-0.1, -0.05) is 12.1 Å². The molecule has 1 aromatic rings. The van der Waals surface area contributed by atoms with E-state index in [0.717, 1.165) is 30.5 Å². The number of rotatable bonds is 25. The molecule has 0 heterocycles. The first kappa shape index (κ1) is 75.9. The van der Waals surface area contributed by atoms with Crippen molar-refractivity contribution < 1.29 is 207 Å². The summed E-state index contributed by atoms with van der Waals surface area (Å²) in [5.74, 6) is -215. The molecule has 4 nitrogen and oxygen atoms in total. The second-order valence-electron chi connectivity index (χ2n) is 16.4. The molecule has 1 rings (SSSR count). The van der Waals surface area contributed by atoms with Crippen molar-refractivity contribution in [2.45, 2.75) is 157 Å². The number of isocyanates is 1. The van der Waals surface area contributed by atoms with Gasteiger partial charge in [0.25, 0.3) is 5.91 Å². The van der Waals surface area contributed by atoms with E-state index < -0.39 is 160 Å². The molecule has 0 radical (unpaired) electrons. The molecule has 1 unspecified atom stereocenters. The van der Waals surface area contributed by atoms with Gasteiger partial charge in [0.2, 0.25) is 6.08 Å². The van der Waals surface area contributed by atoms with Crippen molar-refractivity contribution in [1.82, 2.24) is 5.32 Å². The fourth-order valence-corrected chi connectivity index (χ4v) is 5.86. The average molecular weight is 1340 g/mol. The van der Waals surface area contributed by atoms with Crippen molar-refractivity contribution in [2.75, 3.05) is 0 Å². The van der Waals surface area contributed by atoms with Crippen LogP contribution >= 0.6 is 0 Å².